The highest BCUT2D eigenvalue weighted by molar-refractivity contribution is 5.91. The minimum atomic E-state index is -0.0961. The number of hydrogen-bond donors (Lipinski definition) is 2. The van der Waals surface area contributed by atoms with Gasteiger partial charge in [-0.2, -0.15) is 0 Å². The summed E-state index contributed by atoms with van der Waals surface area (Å²) in [5, 5.41) is 2.76. The van der Waals surface area contributed by atoms with Crippen LogP contribution in [0.25, 0.3) is 6.08 Å². The number of hydrogen-bond acceptors (Lipinski definition) is 3. The predicted octanol–water partition coefficient (Wildman–Crippen LogP) is 1.82. The Balaban J connectivity index is 2.65. The number of benzene rings is 1. The maximum absolute atomic E-state index is 11.3. The van der Waals surface area contributed by atoms with E-state index >= 15 is 0 Å². The van der Waals surface area contributed by atoms with Gasteiger partial charge >= 0.3 is 0 Å². The smallest absolute Gasteiger partial charge is 0.243 e. The van der Waals surface area contributed by atoms with Crippen LogP contribution in [0.4, 0.5) is 5.69 Å². The number of carbonyl (C=O) groups excluding carboxylic acids is 1. The molecule has 0 unspecified atom stereocenters. The Morgan fingerprint density at radius 1 is 1.53 bits per heavy atom. The lowest BCUT2D eigenvalue weighted by Gasteiger charge is -2.04. The molecule has 0 saturated heterocycles. The molecule has 0 radical (unpaired) electrons. The first-order valence-corrected chi connectivity index (χ1v) is 5.56. The van der Waals surface area contributed by atoms with Crippen molar-refractivity contribution in [2.75, 3.05) is 19.4 Å². The summed E-state index contributed by atoms with van der Waals surface area (Å²) in [5.74, 6) is 0.541. The number of nitrogens with two attached hydrogens (primary N) is 1. The molecule has 1 rings (SSSR count). The number of amides is 1. The highest BCUT2D eigenvalue weighted by Gasteiger charge is 1.99. The van der Waals surface area contributed by atoms with Gasteiger partial charge in [-0.15, -0.1) is 0 Å². The third kappa shape index (κ3) is 4.18. The van der Waals surface area contributed by atoms with Gasteiger partial charge in [0.25, 0.3) is 0 Å². The van der Waals surface area contributed by atoms with E-state index in [4.69, 9.17) is 10.5 Å². The second kappa shape index (κ2) is 6.58. The van der Waals surface area contributed by atoms with Gasteiger partial charge in [-0.3, -0.25) is 4.79 Å². The van der Waals surface area contributed by atoms with Crippen LogP contribution in [0.2, 0.25) is 0 Å². The van der Waals surface area contributed by atoms with Crippen LogP contribution >= 0.6 is 0 Å². The molecule has 0 aliphatic carbocycles. The van der Waals surface area contributed by atoms with Gasteiger partial charge in [0.15, 0.2) is 0 Å². The fourth-order valence-electron chi connectivity index (χ4n) is 1.34. The molecule has 3 N–H and O–H groups in total. The molecule has 4 nitrogen and oxygen atoms in total. The van der Waals surface area contributed by atoms with E-state index in [1.165, 1.54) is 6.08 Å². The molecule has 0 aliphatic rings. The summed E-state index contributed by atoms with van der Waals surface area (Å²) in [5.41, 5.74) is 7.19. The molecular formula is C13H18N2O2. The van der Waals surface area contributed by atoms with Crippen LogP contribution in [-0.4, -0.2) is 19.6 Å². The van der Waals surface area contributed by atoms with Crippen LogP contribution in [0, 0.1) is 0 Å². The Morgan fingerprint density at radius 3 is 2.88 bits per heavy atom. The van der Waals surface area contributed by atoms with Crippen molar-refractivity contribution in [3.63, 3.8) is 0 Å². The Morgan fingerprint density at radius 2 is 2.29 bits per heavy atom. The normalized spacial score (nSPS) is 10.5. The van der Waals surface area contributed by atoms with Gasteiger partial charge < -0.3 is 15.8 Å². The average molecular weight is 234 g/mol. The number of nitrogens with one attached hydrogen (secondary N) is 1. The summed E-state index contributed by atoms with van der Waals surface area (Å²) >= 11 is 0. The highest BCUT2D eigenvalue weighted by Crippen LogP contribution is 2.22. The van der Waals surface area contributed by atoms with Crippen molar-refractivity contribution in [1.82, 2.24) is 5.32 Å². The van der Waals surface area contributed by atoms with Crippen LogP contribution in [0.15, 0.2) is 24.3 Å². The number of methoxy groups -OCH3 is 1. The molecule has 4 heteroatoms. The third-order valence-electron chi connectivity index (χ3n) is 2.23. The van der Waals surface area contributed by atoms with Gasteiger partial charge in [-0.25, -0.2) is 0 Å². The molecule has 0 saturated carbocycles. The largest absolute Gasteiger partial charge is 0.495 e. The standard InChI is InChI=1S/C13H18N2O2/c1-3-8-15-13(16)7-5-10-4-6-12(17-2)11(14)9-10/h4-7,9H,3,8,14H2,1-2H3,(H,15,16)/b7-5+. The number of nitrogen functional groups attached to an aromatic ring is 1. The van der Waals surface area contributed by atoms with E-state index < -0.39 is 0 Å². The van der Waals surface area contributed by atoms with Crippen molar-refractivity contribution < 1.29 is 9.53 Å². The fourth-order valence-corrected chi connectivity index (χ4v) is 1.34. The summed E-state index contributed by atoms with van der Waals surface area (Å²) < 4.78 is 5.05. The fraction of sp³-hybridized carbons (Fsp3) is 0.308. The Kier molecular flexibility index (Phi) is 5.07. The zero-order chi connectivity index (χ0) is 12.7. The molecule has 0 spiro atoms. The van der Waals surface area contributed by atoms with E-state index in [9.17, 15) is 4.79 Å². The quantitative estimate of drug-likeness (QED) is 0.603. The van der Waals surface area contributed by atoms with Gasteiger partial charge in [-0.05, 0) is 30.2 Å². The van der Waals surface area contributed by atoms with Gasteiger partial charge in [0.05, 0.1) is 12.8 Å². The van der Waals surface area contributed by atoms with E-state index in [-0.39, 0.29) is 5.91 Å². The summed E-state index contributed by atoms with van der Waals surface area (Å²) in [6.45, 7) is 2.70. The van der Waals surface area contributed by atoms with Gasteiger partial charge in [0.1, 0.15) is 5.75 Å². The highest BCUT2D eigenvalue weighted by atomic mass is 16.5. The molecule has 92 valence electrons. The van der Waals surface area contributed by atoms with E-state index in [0.29, 0.717) is 18.0 Å². The van der Waals surface area contributed by atoms with Crippen molar-refractivity contribution in [3.05, 3.63) is 29.8 Å². The molecule has 1 aromatic carbocycles. The Hall–Kier alpha value is -1.97. The minimum Gasteiger partial charge on any atom is -0.495 e. The third-order valence-corrected chi connectivity index (χ3v) is 2.23. The molecule has 0 heterocycles. The minimum absolute atomic E-state index is 0.0961. The predicted molar refractivity (Wildman–Crippen MR) is 69.7 cm³/mol. The first-order valence-electron chi connectivity index (χ1n) is 5.56. The summed E-state index contributed by atoms with van der Waals surface area (Å²) in [4.78, 5) is 11.3. The number of carbonyl (C=O) groups is 1. The Labute approximate surface area is 101 Å². The van der Waals surface area contributed by atoms with Gasteiger partial charge in [0, 0.05) is 12.6 Å². The van der Waals surface area contributed by atoms with Crippen molar-refractivity contribution in [3.8, 4) is 5.75 Å². The maximum Gasteiger partial charge on any atom is 0.243 e. The topological polar surface area (TPSA) is 64.3 Å². The van der Waals surface area contributed by atoms with Crippen molar-refractivity contribution in [1.29, 1.82) is 0 Å². The van der Waals surface area contributed by atoms with E-state index in [1.54, 1.807) is 25.3 Å². The zero-order valence-corrected chi connectivity index (χ0v) is 10.2. The lowest BCUT2D eigenvalue weighted by Crippen LogP contribution is -2.21. The van der Waals surface area contributed by atoms with Gasteiger partial charge in [-0.1, -0.05) is 13.0 Å². The molecule has 1 aromatic rings. The molecule has 17 heavy (non-hydrogen) atoms. The summed E-state index contributed by atoms with van der Waals surface area (Å²) in [6, 6.07) is 5.39. The van der Waals surface area contributed by atoms with Crippen LogP contribution < -0.4 is 15.8 Å². The van der Waals surface area contributed by atoms with Crippen LogP contribution in [0.5, 0.6) is 5.75 Å². The summed E-state index contributed by atoms with van der Waals surface area (Å²) in [6.07, 6.45) is 4.15. The van der Waals surface area contributed by atoms with Gasteiger partial charge in [0.2, 0.25) is 5.91 Å². The van der Waals surface area contributed by atoms with Crippen LogP contribution in [0.3, 0.4) is 0 Å². The lowest BCUT2D eigenvalue weighted by atomic mass is 10.1. The van der Waals surface area contributed by atoms with E-state index in [1.807, 2.05) is 13.0 Å². The lowest BCUT2D eigenvalue weighted by molar-refractivity contribution is -0.116. The average Bonchev–Trinajstić information content (AvgIpc) is 2.34. The monoisotopic (exact) mass is 234 g/mol. The second-order valence-electron chi connectivity index (χ2n) is 3.63. The molecule has 0 fully saturated rings. The SMILES string of the molecule is CCCNC(=O)/C=C/c1ccc(OC)c(N)c1. The van der Waals surface area contributed by atoms with Crippen LogP contribution in [-0.2, 0) is 4.79 Å². The van der Waals surface area contributed by atoms with Crippen molar-refractivity contribution >= 4 is 17.7 Å². The maximum atomic E-state index is 11.3. The Bertz CT molecular complexity index is 414. The number of anilines is 1. The molecule has 0 bridgehead atoms. The molecule has 0 aliphatic heterocycles. The van der Waals surface area contributed by atoms with E-state index in [2.05, 4.69) is 5.32 Å². The first kappa shape index (κ1) is 13.1. The first-order chi connectivity index (χ1) is 8.17. The number of rotatable bonds is 5. The molecule has 0 aromatic heterocycles. The van der Waals surface area contributed by atoms with Crippen molar-refractivity contribution in [2.24, 2.45) is 0 Å². The molecule has 1 amide bonds. The van der Waals surface area contributed by atoms with Crippen LogP contribution in [0.1, 0.15) is 18.9 Å². The van der Waals surface area contributed by atoms with E-state index in [0.717, 1.165) is 12.0 Å². The number of ether oxygens (including phenoxy) is 1. The second-order valence-corrected chi connectivity index (χ2v) is 3.63. The zero-order valence-electron chi connectivity index (χ0n) is 10.2. The molecule has 0 atom stereocenters. The molecular weight excluding hydrogens is 216 g/mol. The summed E-state index contributed by atoms with van der Waals surface area (Å²) in [7, 11) is 1.57. The van der Waals surface area contributed by atoms with Crippen molar-refractivity contribution in [2.45, 2.75) is 13.3 Å².